The van der Waals surface area contributed by atoms with E-state index in [1.807, 2.05) is 25.1 Å². The largest absolute Gasteiger partial charge is 0.354 e. The second kappa shape index (κ2) is 8.99. The van der Waals surface area contributed by atoms with Gasteiger partial charge in [-0.3, -0.25) is 9.10 Å². The van der Waals surface area contributed by atoms with E-state index >= 15 is 0 Å². The first-order valence-corrected chi connectivity index (χ1v) is 10.6. The van der Waals surface area contributed by atoms with Crippen molar-refractivity contribution in [3.05, 3.63) is 65.5 Å². The Morgan fingerprint density at radius 2 is 1.89 bits per heavy atom. The molecule has 0 saturated heterocycles. The minimum atomic E-state index is -3.83. The standard InChI is InChI=1S/C20H25FN2O3S/c1-15-8-6-9-17(14-15)10-7-13-22-20(24)16(2)23(27(3,25)26)19-12-5-4-11-18(19)21/h4-6,8-9,11-12,14,16H,7,10,13H2,1-3H3,(H,22,24)/t16-/m1/s1. The van der Waals surface area contributed by atoms with Crippen LogP contribution in [0.2, 0.25) is 0 Å². The van der Waals surface area contributed by atoms with Crippen molar-refractivity contribution in [2.75, 3.05) is 17.1 Å². The molecule has 0 saturated carbocycles. The summed E-state index contributed by atoms with van der Waals surface area (Å²) in [6.45, 7) is 3.88. The molecule has 5 nitrogen and oxygen atoms in total. The average Bonchev–Trinajstić information content (AvgIpc) is 2.59. The molecule has 0 radical (unpaired) electrons. The van der Waals surface area contributed by atoms with E-state index in [-0.39, 0.29) is 5.69 Å². The van der Waals surface area contributed by atoms with Gasteiger partial charge in [0.2, 0.25) is 15.9 Å². The van der Waals surface area contributed by atoms with Gasteiger partial charge in [-0.25, -0.2) is 12.8 Å². The maximum Gasteiger partial charge on any atom is 0.243 e. The van der Waals surface area contributed by atoms with Crippen LogP contribution in [0.5, 0.6) is 0 Å². The summed E-state index contributed by atoms with van der Waals surface area (Å²) in [6, 6.07) is 12.6. The quantitative estimate of drug-likeness (QED) is 0.702. The number of halogens is 1. The highest BCUT2D eigenvalue weighted by Crippen LogP contribution is 2.24. The van der Waals surface area contributed by atoms with Crippen LogP contribution >= 0.6 is 0 Å². The number of anilines is 1. The molecule has 146 valence electrons. The van der Waals surface area contributed by atoms with E-state index in [4.69, 9.17) is 0 Å². The van der Waals surface area contributed by atoms with Crippen LogP contribution in [0.15, 0.2) is 48.5 Å². The summed E-state index contributed by atoms with van der Waals surface area (Å²) in [5.41, 5.74) is 2.22. The molecule has 1 N–H and O–H groups in total. The highest BCUT2D eigenvalue weighted by molar-refractivity contribution is 7.92. The first-order valence-electron chi connectivity index (χ1n) is 8.77. The van der Waals surface area contributed by atoms with Gasteiger partial charge in [0.05, 0.1) is 11.9 Å². The molecule has 0 unspecified atom stereocenters. The van der Waals surface area contributed by atoms with E-state index < -0.39 is 27.8 Å². The molecule has 0 bridgehead atoms. The van der Waals surface area contributed by atoms with Crippen LogP contribution < -0.4 is 9.62 Å². The molecule has 2 rings (SSSR count). The lowest BCUT2D eigenvalue weighted by molar-refractivity contribution is -0.121. The van der Waals surface area contributed by atoms with E-state index in [1.165, 1.54) is 42.3 Å². The highest BCUT2D eigenvalue weighted by Gasteiger charge is 2.30. The van der Waals surface area contributed by atoms with Crippen LogP contribution in [-0.2, 0) is 21.2 Å². The van der Waals surface area contributed by atoms with Gasteiger partial charge in [-0.1, -0.05) is 42.0 Å². The summed E-state index contributed by atoms with van der Waals surface area (Å²) in [7, 11) is -3.83. The fourth-order valence-electron chi connectivity index (χ4n) is 2.93. The summed E-state index contributed by atoms with van der Waals surface area (Å²) < 4.78 is 39.2. The maximum atomic E-state index is 14.1. The maximum absolute atomic E-state index is 14.1. The number of rotatable bonds is 8. The van der Waals surface area contributed by atoms with Crippen molar-refractivity contribution in [1.29, 1.82) is 0 Å². The smallest absolute Gasteiger partial charge is 0.243 e. The molecular weight excluding hydrogens is 367 g/mol. The van der Waals surface area contributed by atoms with Gasteiger partial charge in [0, 0.05) is 6.54 Å². The van der Waals surface area contributed by atoms with E-state index in [9.17, 15) is 17.6 Å². The number of para-hydroxylation sites is 1. The second-order valence-corrected chi connectivity index (χ2v) is 8.43. The van der Waals surface area contributed by atoms with Crippen molar-refractivity contribution in [2.24, 2.45) is 0 Å². The topological polar surface area (TPSA) is 66.5 Å². The Kier molecular flexibility index (Phi) is 6.96. The molecule has 2 aromatic rings. The number of nitrogens with one attached hydrogen (secondary N) is 1. The number of amides is 1. The molecule has 0 aromatic heterocycles. The highest BCUT2D eigenvalue weighted by atomic mass is 32.2. The molecule has 0 aliphatic carbocycles. The Hall–Kier alpha value is -2.41. The Bertz CT molecular complexity index is 900. The molecule has 2 aromatic carbocycles. The molecular formula is C20H25FN2O3S. The summed E-state index contributed by atoms with van der Waals surface area (Å²) in [6.07, 6.45) is 2.49. The lowest BCUT2D eigenvalue weighted by atomic mass is 10.1. The van der Waals surface area contributed by atoms with Gasteiger partial charge in [-0.05, 0) is 44.4 Å². The van der Waals surface area contributed by atoms with Crippen LogP contribution in [-0.4, -0.2) is 33.2 Å². The first kappa shape index (κ1) is 20.9. The average molecular weight is 392 g/mol. The lowest BCUT2D eigenvalue weighted by Gasteiger charge is -2.28. The fraction of sp³-hybridized carbons (Fsp3) is 0.350. The normalized spacial score (nSPS) is 12.4. The molecule has 1 amide bonds. The van der Waals surface area contributed by atoms with E-state index in [0.29, 0.717) is 6.54 Å². The zero-order chi connectivity index (χ0) is 20.0. The third kappa shape index (κ3) is 5.79. The molecule has 0 aliphatic heterocycles. The fourth-order valence-corrected chi connectivity index (χ4v) is 4.11. The SMILES string of the molecule is Cc1cccc(CCCNC(=O)[C@@H](C)N(c2ccccc2F)S(C)(=O)=O)c1. The summed E-state index contributed by atoms with van der Waals surface area (Å²) in [5.74, 6) is -1.16. The zero-order valence-electron chi connectivity index (χ0n) is 15.8. The van der Waals surface area contributed by atoms with E-state index in [1.54, 1.807) is 0 Å². The zero-order valence-corrected chi connectivity index (χ0v) is 16.6. The number of benzene rings is 2. The summed E-state index contributed by atoms with van der Waals surface area (Å²) in [5, 5.41) is 2.74. The van der Waals surface area contributed by atoms with Gasteiger partial charge in [0.15, 0.2) is 0 Å². The molecule has 0 heterocycles. The molecule has 0 fully saturated rings. The molecule has 7 heteroatoms. The number of nitrogens with zero attached hydrogens (tertiary/aromatic N) is 1. The Morgan fingerprint density at radius 1 is 1.19 bits per heavy atom. The summed E-state index contributed by atoms with van der Waals surface area (Å²) >= 11 is 0. The van der Waals surface area contributed by atoms with Gasteiger partial charge < -0.3 is 5.32 Å². The van der Waals surface area contributed by atoms with Crippen LogP contribution in [0.4, 0.5) is 10.1 Å². The number of sulfonamides is 1. The van der Waals surface area contributed by atoms with Crippen molar-refractivity contribution in [3.63, 3.8) is 0 Å². The van der Waals surface area contributed by atoms with Crippen LogP contribution in [0, 0.1) is 12.7 Å². The monoisotopic (exact) mass is 392 g/mol. The van der Waals surface area contributed by atoms with E-state index in [2.05, 4.69) is 11.4 Å². The Balaban J connectivity index is 2.00. The third-order valence-electron chi connectivity index (χ3n) is 4.20. The van der Waals surface area contributed by atoms with Crippen molar-refractivity contribution in [3.8, 4) is 0 Å². The molecule has 0 spiro atoms. The Morgan fingerprint density at radius 3 is 2.52 bits per heavy atom. The van der Waals surface area contributed by atoms with Crippen molar-refractivity contribution < 1.29 is 17.6 Å². The predicted molar refractivity (Wildman–Crippen MR) is 106 cm³/mol. The van der Waals surface area contributed by atoms with Crippen molar-refractivity contribution in [1.82, 2.24) is 5.32 Å². The minimum absolute atomic E-state index is 0.137. The van der Waals surface area contributed by atoms with Crippen LogP contribution in [0.25, 0.3) is 0 Å². The molecule has 27 heavy (non-hydrogen) atoms. The number of carbonyl (C=O) groups excluding carboxylic acids is 1. The van der Waals surface area contributed by atoms with Crippen molar-refractivity contribution >= 4 is 21.6 Å². The first-order chi connectivity index (χ1) is 12.7. The van der Waals surface area contributed by atoms with Crippen LogP contribution in [0.1, 0.15) is 24.5 Å². The van der Waals surface area contributed by atoms with Gasteiger partial charge in [-0.15, -0.1) is 0 Å². The molecule has 1 atom stereocenters. The summed E-state index contributed by atoms with van der Waals surface area (Å²) in [4.78, 5) is 12.4. The molecule has 0 aliphatic rings. The minimum Gasteiger partial charge on any atom is -0.354 e. The lowest BCUT2D eigenvalue weighted by Crippen LogP contribution is -2.48. The third-order valence-corrected chi connectivity index (χ3v) is 5.43. The van der Waals surface area contributed by atoms with Gasteiger partial charge >= 0.3 is 0 Å². The Labute approximate surface area is 160 Å². The van der Waals surface area contributed by atoms with Gasteiger partial charge in [0.1, 0.15) is 11.9 Å². The van der Waals surface area contributed by atoms with Gasteiger partial charge in [0.25, 0.3) is 0 Å². The van der Waals surface area contributed by atoms with E-state index in [0.717, 1.165) is 23.4 Å². The number of aryl methyl sites for hydroxylation is 2. The predicted octanol–water partition coefficient (Wildman–Crippen LogP) is 3.04. The number of carbonyl (C=O) groups is 1. The van der Waals surface area contributed by atoms with Crippen LogP contribution in [0.3, 0.4) is 0 Å². The number of hydrogen-bond acceptors (Lipinski definition) is 3. The number of hydrogen-bond donors (Lipinski definition) is 1. The second-order valence-electron chi connectivity index (χ2n) is 6.57. The van der Waals surface area contributed by atoms with Gasteiger partial charge in [-0.2, -0.15) is 0 Å². The van der Waals surface area contributed by atoms with Crippen molar-refractivity contribution in [2.45, 2.75) is 32.7 Å².